The maximum Gasteiger partial charge on any atom is 0.343 e. The molecule has 152 valence electrons. The second kappa shape index (κ2) is 10.0. The van der Waals surface area contributed by atoms with Gasteiger partial charge in [-0.2, -0.15) is 5.10 Å². The fraction of sp³-hybridized carbons (Fsp3) is 0.125. The summed E-state index contributed by atoms with van der Waals surface area (Å²) in [6.45, 7) is 3.79. The zero-order chi connectivity index (χ0) is 21.3. The van der Waals surface area contributed by atoms with Crippen LogP contribution in [0.15, 0.2) is 77.9 Å². The van der Waals surface area contributed by atoms with Gasteiger partial charge in [0, 0.05) is 0 Å². The summed E-state index contributed by atoms with van der Waals surface area (Å²) in [6, 6.07) is 21.3. The first-order chi connectivity index (χ1) is 14.5. The molecule has 30 heavy (non-hydrogen) atoms. The van der Waals surface area contributed by atoms with Crippen molar-refractivity contribution in [2.75, 3.05) is 6.61 Å². The molecule has 0 bridgehead atoms. The zero-order valence-corrected chi connectivity index (χ0v) is 16.8. The lowest BCUT2D eigenvalue weighted by Crippen LogP contribution is -2.24. The van der Waals surface area contributed by atoms with Gasteiger partial charge in [0.1, 0.15) is 11.5 Å². The van der Waals surface area contributed by atoms with Crippen LogP contribution in [0.2, 0.25) is 0 Å². The summed E-state index contributed by atoms with van der Waals surface area (Å²) >= 11 is 0. The van der Waals surface area contributed by atoms with Gasteiger partial charge in [0.25, 0.3) is 5.91 Å². The number of hydrogen-bond acceptors (Lipinski definition) is 5. The van der Waals surface area contributed by atoms with E-state index in [1.54, 1.807) is 48.5 Å². The van der Waals surface area contributed by atoms with Crippen molar-refractivity contribution in [1.29, 1.82) is 0 Å². The Hall–Kier alpha value is -3.93. The number of amides is 1. The maximum absolute atomic E-state index is 12.1. The number of hydrogen-bond donors (Lipinski definition) is 1. The molecule has 0 aromatic heterocycles. The summed E-state index contributed by atoms with van der Waals surface area (Å²) in [7, 11) is 0. The molecule has 0 unspecified atom stereocenters. The van der Waals surface area contributed by atoms with Crippen LogP contribution in [0.3, 0.4) is 0 Å². The lowest BCUT2D eigenvalue weighted by Gasteiger charge is -2.07. The molecule has 0 atom stereocenters. The molecule has 0 radical (unpaired) electrons. The fourth-order valence-electron chi connectivity index (χ4n) is 2.77. The highest BCUT2D eigenvalue weighted by molar-refractivity contribution is 5.91. The normalized spacial score (nSPS) is 10.6. The monoisotopic (exact) mass is 402 g/mol. The van der Waals surface area contributed by atoms with E-state index >= 15 is 0 Å². The molecule has 0 saturated carbocycles. The number of ether oxygens (including phenoxy) is 2. The molecule has 0 fully saturated rings. The Balaban J connectivity index is 1.51. The average Bonchev–Trinajstić information content (AvgIpc) is 2.72. The van der Waals surface area contributed by atoms with Gasteiger partial charge in [-0.1, -0.05) is 36.4 Å². The van der Waals surface area contributed by atoms with E-state index in [0.717, 1.165) is 11.1 Å². The number of esters is 1. The van der Waals surface area contributed by atoms with Crippen LogP contribution in [0.5, 0.6) is 11.5 Å². The van der Waals surface area contributed by atoms with E-state index in [9.17, 15) is 9.59 Å². The number of nitrogens with one attached hydrogen (secondary N) is 1. The van der Waals surface area contributed by atoms with Crippen LogP contribution in [-0.2, 0) is 4.79 Å². The van der Waals surface area contributed by atoms with E-state index < -0.39 is 5.97 Å². The number of nitrogens with zero attached hydrogens (tertiary/aromatic N) is 1. The van der Waals surface area contributed by atoms with Crippen LogP contribution in [0.1, 0.15) is 27.0 Å². The molecule has 6 heteroatoms. The predicted octanol–water partition coefficient (Wildman–Crippen LogP) is 4.05. The molecule has 0 spiro atoms. The van der Waals surface area contributed by atoms with Crippen LogP contribution < -0.4 is 14.9 Å². The Bertz CT molecular complexity index is 1040. The van der Waals surface area contributed by atoms with Gasteiger partial charge in [-0.3, -0.25) is 4.79 Å². The highest BCUT2D eigenvalue weighted by atomic mass is 16.5. The smallest absolute Gasteiger partial charge is 0.343 e. The van der Waals surface area contributed by atoms with E-state index in [0.29, 0.717) is 22.6 Å². The van der Waals surface area contributed by atoms with Crippen LogP contribution in [0.4, 0.5) is 0 Å². The van der Waals surface area contributed by atoms with Crippen LogP contribution in [-0.4, -0.2) is 24.7 Å². The van der Waals surface area contributed by atoms with Crippen molar-refractivity contribution in [3.8, 4) is 11.5 Å². The summed E-state index contributed by atoms with van der Waals surface area (Å²) in [6.07, 6.45) is 1.47. The minimum Gasteiger partial charge on any atom is -0.484 e. The second-order valence-electron chi connectivity index (χ2n) is 6.73. The van der Waals surface area contributed by atoms with Gasteiger partial charge in [0.05, 0.1) is 11.8 Å². The highest BCUT2D eigenvalue weighted by Crippen LogP contribution is 2.16. The molecule has 3 aromatic carbocycles. The summed E-state index contributed by atoms with van der Waals surface area (Å²) < 4.78 is 10.9. The average molecular weight is 402 g/mol. The molecule has 1 amide bonds. The standard InChI is InChI=1S/C24H22N2O4/c1-17-11-18(2)13-22(12-17)29-16-23(27)26-25-15-19-7-6-10-21(14-19)30-24(28)20-8-4-3-5-9-20/h3-15H,16H2,1-2H3,(H,26,27)/b25-15-. The molecule has 3 rings (SSSR count). The van der Waals surface area contributed by atoms with Crippen molar-refractivity contribution < 1.29 is 19.1 Å². The number of carbonyl (C=O) groups excluding carboxylic acids is 2. The third-order valence-corrected chi connectivity index (χ3v) is 4.05. The van der Waals surface area contributed by atoms with Crippen molar-refractivity contribution in [3.63, 3.8) is 0 Å². The topological polar surface area (TPSA) is 77.0 Å². The van der Waals surface area contributed by atoms with Crippen LogP contribution >= 0.6 is 0 Å². The lowest BCUT2D eigenvalue weighted by atomic mass is 10.1. The maximum atomic E-state index is 12.1. The molecular formula is C24H22N2O4. The Kier molecular flexibility index (Phi) is 6.95. The van der Waals surface area contributed by atoms with Gasteiger partial charge in [-0.05, 0) is 66.9 Å². The van der Waals surface area contributed by atoms with E-state index in [-0.39, 0.29) is 12.5 Å². The van der Waals surface area contributed by atoms with Crippen LogP contribution in [0.25, 0.3) is 0 Å². The third kappa shape index (κ3) is 6.31. The minimum absolute atomic E-state index is 0.144. The van der Waals surface area contributed by atoms with Gasteiger partial charge < -0.3 is 9.47 Å². The number of hydrazone groups is 1. The largest absolute Gasteiger partial charge is 0.484 e. The third-order valence-electron chi connectivity index (χ3n) is 4.05. The van der Waals surface area contributed by atoms with E-state index in [2.05, 4.69) is 10.5 Å². The lowest BCUT2D eigenvalue weighted by molar-refractivity contribution is -0.123. The SMILES string of the molecule is Cc1cc(C)cc(OCC(=O)N/N=C\c2cccc(OC(=O)c3ccccc3)c2)c1. The molecule has 0 aliphatic rings. The fourth-order valence-corrected chi connectivity index (χ4v) is 2.77. The number of aryl methyl sites for hydroxylation is 2. The Labute approximate surface area is 175 Å². The molecule has 1 N–H and O–H groups in total. The first-order valence-electron chi connectivity index (χ1n) is 9.40. The van der Waals surface area contributed by atoms with Crippen molar-refractivity contribution >= 4 is 18.1 Å². The Morgan fingerprint density at radius 2 is 1.63 bits per heavy atom. The van der Waals surface area contributed by atoms with Crippen molar-refractivity contribution in [3.05, 3.63) is 95.1 Å². The quantitative estimate of drug-likeness (QED) is 0.280. The van der Waals surface area contributed by atoms with E-state index in [1.807, 2.05) is 38.1 Å². The minimum atomic E-state index is -0.443. The summed E-state index contributed by atoms with van der Waals surface area (Å²) in [5, 5.41) is 3.92. The molecule has 6 nitrogen and oxygen atoms in total. The predicted molar refractivity (Wildman–Crippen MR) is 115 cm³/mol. The van der Waals surface area contributed by atoms with Crippen LogP contribution in [0, 0.1) is 13.8 Å². The molecule has 0 saturated heterocycles. The molecule has 0 heterocycles. The first-order valence-corrected chi connectivity index (χ1v) is 9.40. The summed E-state index contributed by atoms with van der Waals surface area (Å²) in [5.41, 5.74) is 5.68. The van der Waals surface area contributed by atoms with Gasteiger partial charge in [0.2, 0.25) is 0 Å². The Morgan fingerprint density at radius 3 is 2.37 bits per heavy atom. The zero-order valence-electron chi connectivity index (χ0n) is 16.8. The first kappa shape index (κ1) is 20.8. The molecule has 0 aliphatic carbocycles. The Morgan fingerprint density at radius 1 is 0.900 bits per heavy atom. The summed E-state index contributed by atoms with van der Waals surface area (Å²) in [5.74, 6) is 0.204. The molecule has 0 aliphatic heterocycles. The van der Waals surface area contributed by atoms with Gasteiger partial charge >= 0.3 is 5.97 Å². The van der Waals surface area contributed by atoms with Crippen molar-refractivity contribution in [2.45, 2.75) is 13.8 Å². The number of rotatable bonds is 7. The second-order valence-corrected chi connectivity index (χ2v) is 6.73. The molecular weight excluding hydrogens is 380 g/mol. The van der Waals surface area contributed by atoms with Gasteiger partial charge in [0.15, 0.2) is 6.61 Å². The number of carbonyl (C=O) groups is 2. The molecule has 3 aromatic rings. The van der Waals surface area contributed by atoms with E-state index in [1.165, 1.54) is 6.21 Å². The highest BCUT2D eigenvalue weighted by Gasteiger charge is 2.08. The number of benzene rings is 3. The van der Waals surface area contributed by atoms with Crippen molar-refractivity contribution in [1.82, 2.24) is 5.43 Å². The van der Waals surface area contributed by atoms with E-state index in [4.69, 9.17) is 9.47 Å². The van der Waals surface area contributed by atoms with Gasteiger partial charge in [-0.15, -0.1) is 0 Å². The van der Waals surface area contributed by atoms with Gasteiger partial charge in [-0.25, -0.2) is 10.2 Å². The summed E-state index contributed by atoms with van der Waals surface area (Å²) in [4.78, 5) is 24.1. The van der Waals surface area contributed by atoms with Crippen molar-refractivity contribution in [2.24, 2.45) is 5.10 Å².